The third-order valence-corrected chi connectivity index (χ3v) is 8.27. The van der Waals surface area contributed by atoms with Gasteiger partial charge in [-0.25, -0.2) is 8.42 Å². The zero-order valence-electron chi connectivity index (χ0n) is 19.9. The van der Waals surface area contributed by atoms with Crippen molar-refractivity contribution in [1.82, 2.24) is 9.62 Å². The minimum absolute atomic E-state index is 0.0706. The van der Waals surface area contributed by atoms with Crippen LogP contribution < -0.4 is 19.5 Å². The van der Waals surface area contributed by atoms with Gasteiger partial charge < -0.3 is 19.5 Å². The molecule has 1 N–H and O–H groups in total. The van der Waals surface area contributed by atoms with Crippen LogP contribution in [0.3, 0.4) is 0 Å². The second kappa shape index (κ2) is 10.2. The normalized spacial score (nSPS) is 18.7. The molecule has 0 saturated carbocycles. The molecular weight excluding hydrogens is 456 g/mol. The van der Waals surface area contributed by atoms with Crippen molar-refractivity contribution in [3.8, 4) is 17.2 Å². The predicted octanol–water partition coefficient (Wildman–Crippen LogP) is 3.13. The Morgan fingerprint density at radius 3 is 2.53 bits per heavy atom. The molecule has 0 spiro atoms. The van der Waals surface area contributed by atoms with Crippen LogP contribution in [0.25, 0.3) is 0 Å². The highest BCUT2D eigenvalue weighted by Gasteiger charge is 2.32. The van der Waals surface area contributed by atoms with E-state index in [9.17, 15) is 13.2 Å². The molecule has 0 bridgehead atoms. The molecule has 0 aliphatic carbocycles. The van der Waals surface area contributed by atoms with Crippen molar-refractivity contribution in [1.29, 1.82) is 0 Å². The largest absolute Gasteiger partial charge is 0.497 e. The lowest BCUT2D eigenvalue weighted by atomic mass is 9.97. The molecule has 184 valence electrons. The summed E-state index contributed by atoms with van der Waals surface area (Å²) in [5, 5.41) is 3.01. The first-order chi connectivity index (χ1) is 16.3. The van der Waals surface area contributed by atoms with Gasteiger partial charge in [-0.15, -0.1) is 0 Å². The zero-order chi connectivity index (χ0) is 24.3. The number of benzene rings is 2. The fourth-order valence-corrected chi connectivity index (χ4v) is 5.96. The monoisotopic (exact) mass is 488 g/mol. The fourth-order valence-electron chi connectivity index (χ4n) is 4.49. The summed E-state index contributed by atoms with van der Waals surface area (Å²) in [6, 6.07) is 10.3. The van der Waals surface area contributed by atoms with E-state index in [4.69, 9.17) is 14.2 Å². The average Bonchev–Trinajstić information content (AvgIpc) is 3.21. The van der Waals surface area contributed by atoms with Crippen molar-refractivity contribution in [2.45, 2.75) is 50.7 Å². The average molecular weight is 489 g/mol. The van der Waals surface area contributed by atoms with E-state index in [-0.39, 0.29) is 22.8 Å². The number of piperidine rings is 1. The summed E-state index contributed by atoms with van der Waals surface area (Å²) < 4.78 is 44.1. The number of hydrogen-bond donors (Lipinski definition) is 1. The van der Waals surface area contributed by atoms with E-state index in [1.165, 1.54) is 11.4 Å². The van der Waals surface area contributed by atoms with Crippen molar-refractivity contribution in [2.75, 3.05) is 26.8 Å². The number of methoxy groups -OCH3 is 1. The van der Waals surface area contributed by atoms with E-state index >= 15 is 0 Å². The number of rotatable bonds is 8. The Hall–Kier alpha value is -2.78. The number of fused-ring (bicyclic) bond motifs is 1. The van der Waals surface area contributed by atoms with Gasteiger partial charge in [0, 0.05) is 43.1 Å². The number of amides is 1. The molecule has 0 aromatic heterocycles. The molecule has 1 atom stereocenters. The minimum Gasteiger partial charge on any atom is -0.497 e. The predicted molar refractivity (Wildman–Crippen MR) is 128 cm³/mol. The van der Waals surface area contributed by atoms with Crippen LogP contribution in [0.4, 0.5) is 0 Å². The minimum atomic E-state index is -3.60. The first-order valence-electron chi connectivity index (χ1n) is 11.7. The van der Waals surface area contributed by atoms with Crippen molar-refractivity contribution >= 4 is 15.9 Å². The van der Waals surface area contributed by atoms with Crippen molar-refractivity contribution in [3.63, 3.8) is 0 Å². The van der Waals surface area contributed by atoms with Gasteiger partial charge in [-0.3, -0.25) is 4.79 Å². The molecule has 34 heavy (non-hydrogen) atoms. The van der Waals surface area contributed by atoms with E-state index in [1.54, 1.807) is 24.3 Å². The van der Waals surface area contributed by atoms with Gasteiger partial charge in [0.2, 0.25) is 15.9 Å². The molecule has 2 aromatic carbocycles. The Balaban J connectivity index is 1.35. The first kappa shape index (κ1) is 24.3. The molecule has 1 fully saturated rings. The van der Waals surface area contributed by atoms with Crippen molar-refractivity contribution in [2.24, 2.45) is 5.92 Å². The van der Waals surface area contributed by atoms with Gasteiger partial charge in [0.25, 0.3) is 0 Å². The van der Waals surface area contributed by atoms with Crippen LogP contribution in [0, 0.1) is 5.92 Å². The maximum absolute atomic E-state index is 12.9. The van der Waals surface area contributed by atoms with Crippen LogP contribution >= 0.6 is 0 Å². The summed E-state index contributed by atoms with van der Waals surface area (Å²) in [4.78, 5) is 13.1. The number of ether oxygens (including phenoxy) is 3. The van der Waals surface area contributed by atoms with Crippen LogP contribution in [-0.2, 0) is 27.8 Å². The molecular formula is C25H32N2O6S. The van der Waals surface area contributed by atoms with Crippen LogP contribution in [0.15, 0.2) is 41.3 Å². The highest BCUT2D eigenvalue weighted by Crippen LogP contribution is 2.35. The van der Waals surface area contributed by atoms with E-state index in [0.29, 0.717) is 44.8 Å². The molecule has 2 aromatic rings. The fraction of sp³-hybridized carbons (Fsp3) is 0.480. The quantitative estimate of drug-likeness (QED) is 0.614. The highest BCUT2D eigenvalue weighted by molar-refractivity contribution is 7.89. The number of carbonyl (C=O) groups is 1. The van der Waals surface area contributed by atoms with Gasteiger partial charge in [0.1, 0.15) is 23.4 Å². The van der Waals surface area contributed by atoms with Crippen LogP contribution in [0.2, 0.25) is 0 Å². The lowest BCUT2D eigenvalue weighted by molar-refractivity contribution is -0.126. The topological polar surface area (TPSA) is 94.2 Å². The number of nitrogens with zero attached hydrogens (tertiary/aromatic N) is 1. The molecule has 9 heteroatoms. The van der Waals surface area contributed by atoms with Crippen LogP contribution in [0.1, 0.15) is 37.8 Å². The zero-order valence-corrected chi connectivity index (χ0v) is 20.7. The Kier molecular flexibility index (Phi) is 7.33. The number of carbonyl (C=O) groups excluding carboxylic acids is 1. The maximum Gasteiger partial charge on any atom is 0.243 e. The number of hydrogen-bond acceptors (Lipinski definition) is 6. The summed E-state index contributed by atoms with van der Waals surface area (Å²) in [6.45, 7) is 5.45. The smallest absolute Gasteiger partial charge is 0.243 e. The molecule has 1 saturated heterocycles. The van der Waals surface area contributed by atoms with Gasteiger partial charge in [-0.2, -0.15) is 4.31 Å². The third-order valence-electron chi connectivity index (χ3n) is 6.35. The SMILES string of the molecule is CCOc1cc2c(cc1CNC(=O)C1CCN(S(=O)(=O)c3ccc(OC)cc3)CC1)O[C@H](C)C2. The Morgan fingerprint density at radius 1 is 1.18 bits per heavy atom. The molecule has 1 amide bonds. The van der Waals surface area contributed by atoms with Gasteiger partial charge >= 0.3 is 0 Å². The molecule has 0 radical (unpaired) electrons. The molecule has 2 aliphatic rings. The Labute approximate surface area is 201 Å². The standard InChI is InChI=1S/C25H32N2O6S/c1-4-32-23-14-19-13-17(2)33-24(19)15-20(23)16-26-25(28)18-9-11-27(12-10-18)34(29,30)22-7-5-21(31-3)6-8-22/h5-8,14-15,17-18H,4,9-13,16H2,1-3H3,(H,26,28)/t17-/m1/s1. The van der Waals surface area contributed by atoms with E-state index in [0.717, 1.165) is 29.0 Å². The van der Waals surface area contributed by atoms with Gasteiger partial charge in [-0.1, -0.05) is 0 Å². The van der Waals surface area contributed by atoms with Crippen LogP contribution in [-0.4, -0.2) is 51.5 Å². The van der Waals surface area contributed by atoms with E-state index < -0.39 is 10.0 Å². The summed E-state index contributed by atoms with van der Waals surface area (Å²) in [5.41, 5.74) is 2.00. The number of nitrogens with one attached hydrogen (secondary N) is 1. The maximum atomic E-state index is 12.9. The van der Waals surface area contributed by atoms with Crippen molar-refractivity contribution < 1.29 is 27.4 Å². The molecule has 8 nitrogen and oxygen atoms in total. The number of sulfonamides is 1. The molecule has 2 aliphatic heterocycles. The van der Waals surface area contributed by atoms with Crippen LogP contribution in [0.5, 0.6) is 17.2 Å². The third kappa shape index (κ3) is 5.15. The lowest BCUT2D eigenvalue weighted by Gasteiger charge is -2.30. The molecule has 4 rings (SSSR count). The highest BCUT2D eigenvalue weighted by atomic mass is 32.2. The summed E-state index contributed by atoms with van der Waals surface area (Å²) in [6.07, 6.45) is 1.93. The molecule has 2 heterocycles. The lowest BCUT2D eigenvalue weighted by Crippen LogP contribution is -2.42. The summed E-state index contributed by atoms with van der Waals surface area (Å²) in [7, 11) is -2.06. The van der Waals surface area contributed by atoms with Gasteiger partial charge in [0.05, 0.1) is 18.6 Å². The second-order valence-electron chi connectivity index (χ2n) is 8.70. The summed E-state index contributed by atoms with van der Waals surface area (Å²) >= 11 is 0. The second-order valence-corrected chi connectivity index (χ2v) is 10.6. The van der Waals surface area contributed by atoms with Gasteiger partial charge in [-0.05, 0) is 63.1 Å². The van der Waals surface area contributed by atoms with Crippen molar-refractivity contribution in [3.05, 3.63) is 47.5 Å². The first-order valence-corrected chi connectivity index (χ1v) is 13.1. The summed E-state index contributed by atoms with van der Waals surface area (Å²) in [5.74, 6) is 1.91. The molecule has 0 unspecified atom stereocenters. The Morgan fingerprint density at radius 2 is 1.88 bits per heavy atom. The van der Waals surface area contributed by atoms with Gasteiger partial charge in [0.15, 0.2) is 0 Å². The Bertz CT molecular complexity index is 1120. The van der Waals surface area contributed by atoms with E-state index in [1.807, 2.05) is 26.0 Å². The van der Waals surface area contributed by atoms with E-state index in [2.05, 4.69) is 5.32 Å².